The van der Waals surface area contributed by atoms with Crippen molar-refractivity contribution >= 4 is 38.0 Å². The molecule has 2 rings (SSSR count). The summed E-state index contributed by atoms with van der Waals surface area (Å²) >= 11 is 6.62. The van der Waals surface area contributed by atoms with E-state index in [1.54, 1.807) is 24.3 Å². The van der Waals surface area contributed by atoms with Gasteiger partial charge in [-0.05, 0) is 68.1 Å². The van der Waals surface area contributed by atoms with E-state index < -0.39 is 12.1 Å². The van der Waals surface area contributed by atoms with Crippen LogP contribution in [0.2, 0.25) is 0 Å². The average Bonchev–Trinajstić information content (AvgIpc) is 2.40. The van der Waals surface area contributed by atoms with Gasteiger partial charge in [0.05, 0.1) is 11.7 Å². The van der Waals surface area contributed by atoms with Crippen LogP contribution in [0.1, 0.15) is 17.3 Å². The van der Waals surface area contributed by atoms with E-state index >= 15 is 0 Å². The molecular weight excluding hydrogens is 407 g/mol. The van der Waals surface area contributed by atoms with Gasteiger partial charge in [0.1, 0.15) is 10.4 Å². The Morgan fingerprint density at radius 2 is 2.10 bits per heavy atom. The lowest BCUT2D eigenvalue weighted by molar-refractivity contribution is 0.189. The molecule has 0 aliphatic rings. The smallest absolute Gasteiger partial charge is 0.405 e. The number of amides is 1. The molecule has 0 radical (unpaired) electrons. The van der Waals surface area contributed by atoms with Crippen LogP contribution in [-0.4, -0.2) is 16.2 Å². The van der Waals surface area contributed by atoms with Crippen molar-refractivity contribution in [1.82, 2.24) is 10.3 Å². The summed E-state index contributed by atoms with van der Waals surface area (Å²) in [4.78, 5) is 15.3. The van der Waals surface area contributed by atoms with Gasteiger partial charge in [0.25, 0.3) is 0 Å². The summed E-state index contributed by atoms with van der Waals surface area (Å²) in [6.45, 7) is 0. The van der Waals surface area contributed by atoms with Gasteiger partial charge in [0.2, 0.25) is 0 Å². The summed E-state index contributed by atoms with van der Waals surface area (Å²) in [5.41, 5.74) is 1.22. The molecule has 0 aliphatic heterocycles. The molecular formula is C14H11Br2FN2O2. The first kappa shape index (κ1) is 15.9. The third-order valence-corrected chi connectivity index (χ3v) is 3.91. The van der Waals surface area contributed by atoms with E-state index in [4.69, 9.17) is 5.11 Å². The van der Waals surface area contributed by atoms with Crippen LogP contribution in [0.25, 0.3) is 0 Å². The monoisotopic (exact) mass is 416 g/mol. The normalized spacial score (nSPS) is 12.0. The molecule has 0 saturated heterocycles. The lowest BCUT2D eigenvalue weighted by atomic mass is 10.0. The van der Waals surface area contributed by atoms with E-state index in [9.17, 15) is 9.18 Å². The fourth-order valence-electron chi connectivity index (χ4n) is 1.94. The molecule has 0 aliphatic carbocycles. The Morgan fingerprint density at radius 1 is 1.33 bits per heavy atom. The van der Waals surface area contributed by atoms with Gasteiger partial charge in [-0.15, -0.1) is 0 Å². The number of pyridine rings is 1. The zero-order valence-corrected chi connectivity index (χ0v) is 13.9. The number of aromatic nitrogens is 1. The molecule has 7 heteroatoms. The van der Waals surface area contributed by atoms with Crippen molar-refractivity contribution in [2.24, 2.45) is 0 Å². The van der Waals surface area contributed by atoms with Crippen molar-refractivity contribution in [3.8, 4) is 0 Å². The van der Waals surface area contributed by atoms with E-state index in [1.807, 2.05) is 0 Å². The molecule has 2 N–H and O–H groups in total. The fraction of sp³-hybridized carbons (Fsp3) is 0.143. The third kappa shape index (κ3) is 4.50. The fourth-order valence-corrected chi connectivity index (χ4v) is 2.76. The quantitative estimate of drug-likeness (QED) is 0.729. The number of carbonyl (C=O) groups is 1. The lowest BCUT2D eigenvalue weighted by Crippen LogP contribution is -2.29. The Labute approximate surface area is 137 Å². The maximum absolute atomic E-state index is 13.3. The zero-order valence-electron chi connectivity index (χ0n) is 10.7. The van der Waals surface area contributed by atoms with Gasteiger partial charge < -0.3 is 10.4 Å². The van der Waals surface area contributed by atoms with Gasteiger partial charge in [-0.3, -0.25) is 0 Å². The first-order chi connectivity index (χ1) is 9.95. The van der Waals surface area contributed by atoms with Crippen molar-refractivity contribution < 1.29 is 14.3 Å². The summed E-state index contributed by atoms with van der Waals surface area (Å²) in [6.07, 6.45) is -0.864. The Morgan fingerprint density at radius 3 is 2.76 bits per heavy atom. The van der Waals surface area contributed by atoms with Gasteiger partial charge >= 0.3 is 6.09 Å². The highest BCUT2D eigenvalue weighted by atomic mass is 79.9. The molecule has 4 nitrogen and oxygen atoms in total. The van der Waals surface area contributed by atoms with Crippen molar-refractivity contribution in [2.45, 2.75) is 12.5 Å². The standard InChI is InChI=1S/C14H11Br2FN2O2/c15-10-4-5-12(16)19-13(10)11(18-14(20)21)7-8-2-1-3-9(17)6-8/h1-6,11,18H,7H2,(H,20,21). The molecule has 1 heterocycles. The van der Waals surface area contributed by atoms with Gasteiger partial charge in [0, 0.05) is 4.47 Å². The highest BCUT2D eigenvalue weighted by Crippen LogP contribution is 2.26. The summed E-state index contributed by atoms with van der Waals surface area (Å²) in [7, 11) is 0. The summed E-state index contributed by atoms with van der Waals surface area (Å²) in [5.74, 6) is -0.358. The zero-order chi connectivity index (χ0) is 15.4. The molecule has 1 unspecified atom stereocenters. The molecule has 1 aromatic heterocycles. The Bertz CT molecular complexity index is 667. The highest BCUT2D eigenvalue weighted by Gasteiger charge is 2.19. The predicted octanol–water partition coefficient (Wildman–Crippen LogP) is 4.30. The van der Waals surface area contributed by atoms with Crippen molar-refractivity contribution in [3.63, 3.8) is 0 Å². The maximum atomic E-state index is 13.3. The number of nitrogens with one attached hydrogen (secondary N) is 1. The molecule has 1 amide bonds. The van der Waals surface area contributed by atoms with Crippen molar-refractivity contribution in [3.05, 3.63) is 62.5 Å². The van der Waals surface area contributed by atoms with Crippen LogP contribution in [0.3, 0.4) is 0 Å². The van der Waals surface area contributed by atoms with Crippen LogP contribution < -0.4 is 5.32 Å². The Hall–Kier alpha value is -1.47. The number of carboxylic acid groups (broad SMARTS) is 1. The van der Waals surface area contributed by atoms with Crippen molar-refractivity contribution in [1.29, 1.82) is 0 Å². The van der Waals surface area contributed by atoms with E-state index in [0.717, 1.165) is 0 Å². The van der Waals surface area contributed by atoms with E-state index in [0.29, 0.717) is 26.8 Å². The van der Waals surface area contributed by atoms with Crippen LogP contribution >= 0.6 is 31.9 Å². The van der Waals surface area contributed by atoms with E-state index in [-0.39, 0.29) is 5.82 Å². The minimum absolute atomic E-state index is 0.298. The Kier molecular flexibility index (Phi) is 5.30. The molecule has 0 bridgehead atoms. The van der Waals surface area contributed by atoms with Crippen LogP contribution in [0.5, 0.6) is 0 Å². The predicted molar refractivity (Wildman–Crippen MR) is 83.6 cm³/mol. The molecule has 1 atom stereocenters. The number of rotatable bonds is 4. The second-order valence-electron chi connectivity index (χ2n) is 4.34. The second kappa shape index (κ2) is 7.00. The largest absolute Gasteiger partial charge is 0.465 e. The number of benzene rings is 1. The van der Waals surface area contributed by atoms with Crippen LogP contribution in [0.4, 0.5) is 9.18 Å². The minimum Gasteiger partial charge on any atom is -0.465 e. The van der Waals surface area contributed by atoms with Crippen LogP contribution in [0.15, 0.2) is 45.5 Å². The first-order valence-corrected chi connectivity index (χ1v) is 7.60. The number of hydrogen-bond acceptors (Lipinski definition) is 2. The molecule has 1 aromatic carbocycles. The van der Waals surface area contributed by atoms with Crippen molar-refractivity contribution in [2.75, 3.05) is 0 Å². The molecule has 21 heavy (non-hydrogen) atoms. The number of halogens is 3. The Balaban J connectivity index is 2.34. The summed E-state index contributed by atoms with van der Waals surface area (Å²) < 4.78 is 14.5. The molecule has 2 aromatic rings. The first-order valence-electron chi connectivity index (χ1n) is 6.01. The lowest BCUT2D eigenvalue weighted by Gasteiger charge is -2.18. The van der Waals surface area contributed by atoms with Gasteiger partial charge in [0.15, 0.2) is 0 Å². The van der Waals surface area contributed by atoms with Gasteiger partial charge in [-0.2, -0.15) is 0 Å². The van der Waals surface area contributed by atoms with E-state index in [2.05, 4.69) is 42.2 Å². The maximum Gasteiger partial charge on any atom is 0.405 e. The van der Waals surface area contributed by atoms with E-state index in [1.165, 1.54) is 12.1 Å². The van der Waals surface area contributed by atoms with Crippen LogP contribution in [0, 0.1) is 5.82 Å². The molecule has 110 valence electrons. The average molecular weight is 418 g/mol. The molecule has 0 spiro atoms. The number of nitrogens with zero attached hydrogens (tertiary/aromatic N) is 1. The third-order valence-electron chi connectivity index (χ3n) is 2.80. The minimum atomic E-state index is -1.16. The topological polar surface area (TPSA) is 62.2 Å². The summed E-state index contributed by atoms with van der Waals surface area (Å²) in [6, 6.07) is 8.98. The van der Waals surface area contributed by atoms with Gasteiger partial charge in [-0.25, -0.2) is 14.2 Å². The molecule has 0 fully saturated rings. The second-order valence-corrected chi connectivity index (χ2v) is 6.00. The van der Waals surface area contributed by atoms with Gasteiger partial charge in [-0.1, -0.05) is 12.1 Å². The SMILES string of the molecule is O=C(O)NC(Cc1cccc(F)c1)c1nc(Br)ccc1Br. The van der Waals surface area contributed by atoms with Crippen LogP contribution in [-0.2, 0) is 6.42 Å². The number of hydrogen-bond donors (Lipinski definition) is 2. The molecule has 0 saturated carbocycles. The summed E-state index contributed by atoms with van der Waals surface area (Å²) in [5, 5.41) is 11.4. The highest BCUT2D eigenvalue weighted by molar-refractivity contribution is 9.11.